The van der Waals surface area contributed by atoms with Gasteiger partial charge in [-0.2, -0.15) is 10.4 Å². The fourth-order valence-corrected chi connectivity index (χ4v) is 4.81. The third-order valence-corrected chi connectivity index (χ3v) is 6.36. The zero-order chi connectivity index (χ0) is 22.9. The Morgan fingerprint density at radius 1 is 1.00 bits per heavy atom. The van der Waals surface area contributed by atoms with Gasteiger partial charge >= 0.3 is 0 Å². The number of nitriles is 1. The number of aromatic nitrogens is 2. The molecule has 2 aromatic heterocycles. The van der Waals surface area contributed by atoms with Gasteiger partial charge in [-0.25, -0.2) is 9.07 Å². The van der Waals surface area contributed by atoms with E-state index in [2.05, 4.69) is 10.4 Å². The van der Waals surface area contributed by atoms with Gasteiger partial charge in [-0.05, 0) is 42.5 Å². The molecule has 3 aromatic carbocycles. The zero-order valence-electron chi connectivity index (χ0n) is 17.0. The molecule has 2 heterocycles. The Hall–Kier alpha value is -4.35. The third-order valence-electron chi connectivity index (χ3n) is 5.20. The van der Waals surface area contributed by atoms with E-state index in [1.54, 1.807) is 10.8 Å². The van der Waals surface area contributed by atoms with E-state index in [1.807, 2.05) is 54.6 Å². The third kappa shape index (κ3) is 3.64. The highest BCUT2D eigenvalue weighted by Gasteiger charge is 2.33. The molecule has 1 atom stereocenters. The van der Waals surface area contributed by atoms with Gasteiger partial charge in [0.15, 0.2) is 5.92 Å². The van der Waals surface area contributed by atoms with Crippen molar-refractivity contribution in [2.45, 2.75) is 0 Å². The molecule has 0 aliphatic heterocycles. The van der Waals surface area contributed by atoms with Crippen molar-refractivity contribution in [2.75, 3.05) is 5.32 Å². The summed E-state index contributed by atoms with van der Waals surface area (Å²) in [7, 11) is 0. The number of para-hydroxylation sites is 1. The first-order valence-electron chi connectivity index (χ1n) is 10.0. The van der Waals surface area contributed by atoms with Crippen molar-refractivity contribution >= 4 is 49.0 Å². The number of nitrogens with zero attached hydrogens (tertiary/aromatic N) is 3. The largest absolute Gasteiger partial charge is 0.325 e. The van der Waals surface area contributed by atoms with E-state index in [0.29, 0.717) is 4.70 Å². The van der Waals surface area contributed by atoms with Crippen LogP contribution in [-0.4, -0.2) is 21.5 Å². The summed E-state index contributed by atoms with van der Waals surface area (Å²) in [6.45, 7) is 0. The molecule has 1 amide bonds. The quantitative estimate of drug-likeness (QED) is 0.287. The van der Waals surface area contributed by atoms with Crippen LogP contribution in [0.5, 0.6) is 0 Å². The van der Waals surface area contributed by atoms with Gasteiger partial charge in [-0.3, -0.25) is 9.59 Å². The molecule has 0 fully saturated rings. The van der Waals surface area contributed by atoms with Gasteiger partial charge in [0.05, 0.1) is 22.0 Å². The minimum absolute atomic E-state index is 0.0656. The number of anilines is 1. The van der Waals surface area contributed by atoms with Gasteiger partial charge < -0.3 is 5.32 Å². The van der Waals surface area contributed by atoms with Gasteiger partial charge in [-0.1, -0.05) is 36.4 Å². The first-order valence-corrected chi connectivity index (χ1v) is 10.8. The fraction of sp³-hybridized carbons (Fsp3) is 0.0400. The molecule has 0 spiro atoms. The molecule has 0 aliphatic rings. The van der Waals surface area contributed by atoms with Crippen LogP contribution in [0.3, 0.4) is 0 Å². The minimum Gasteiger partial charge on any atom is -0.325 e. The molecule has 6 nitrogen and oxygen atoms in total. The van der Waals surface area contributed by atoms with Crippen molar-refractivity contribution < 1.29 is 14.0 Å². The highest BCUT2D eigenvalue weighted by atomic mass is 32.1. The summed E-state index contributed by atoms with van der Waals surface area (Å²) in [6, 6.07) is 24.0. The normalized spacial score (nSPS) is 11.9. The molecule has 0 saturated carbocycles. The maximum absolute atomic E-state index is 13.4. The van der Waals surface area contributed by atoms with Crippen LogP contribution in [0.15, 0.2) is 78.9 Å². The first-order chi connectivity index (χ1) is 16.1. The molecule has 0 aliphatic carbocycles. The lowest BCUT2D eigenvalue weighted by Crippen LogP contribution is -2.29. The van der Waals surface area contributed by atoms with Crippen molar-refractivity contribution in [1.29, 1.82) is 5.26 Å². The Morgan fingerprint density at radius 2 is 1.70 bits per heavy atom. The van der Waals surface area contributed by atoms with Crippen molar-refractivity contribution in [3.63, 3.8) is 0 Å². The number of hydrogen-bond acceptors (Lipinski definition) is 5. The van der Waals surface area contributed by atoms with E-state index in [1.165, 1.54) is 35.6 Å². The van der Waals surface area contributed by atoms with Crippen LogP contribution in [0.25, 0.3) is 26.0 Å². The van der Waals surface area contributed by atoms with Crippen LogP contribution in [0.2, 0.25) is 0 Å². The Balaban J connectivity index is 1.60. The molecule has 5 rings (SSSR count). The Labute approximate surface area is 191 Å². The van der Waals surface area contributed by atoms with Crippen molar-refractivity contribution in [1.82, 2.24) is 9.78 Å². The lowest BCUT2D eigenvalue weighted by molar-refractivity contribution is -0.117. The van der Waals surface area contributed by atoms with E-state index < -0.39 is 23.4 Å². The van der Waals surface area contributed by atoms with E-state index in [9.17, 15) is 19.2 Å². The first kappa shape index (κ1) is 20.5. The molecule has 160 valence electrons. The smallest absolute Gasteiger partial charge is 0.249 e. The molecule has 8 heteroatoms. The molecule has 33 heavy (non-hydrogen) atoms. The van der Waals surface area contributed by atoms with Crippen molar-refractivity contribution in [3.8, 4) is 11.8 Å². The fourth-order valence-electron chi connectivity index (χ4n) is 3.64. The summed E-state index contributed by atoms with van der Waals surface area (Å²) < 4.78 is 16.4. The van der Waals surface area contributed by atoms with E-state index in [0.717, 1.165) is 21.3 Å². The lowest BCUT2D eigenvalue weighted by atomic mass is 10.0. The summed E-state index contributed by atoms with van der Waals surface area (Å²) in [5.41, 5.74) is 1.86. The van der Waals surface area contributed by atoms with Crippen LogP contribution in [-0.2, 0) is 4.79 Å². The predicted octanol–water partition coefficient (Wildman–Crippen LogP) is 5.34. The van der Waals surface area contributed by atoms with Gasteiger partial charge in [0.25, 0.3) is 0 Å². The van der Waals surface area contributed by atoms with Crippen LogP contribution in [0.4, 0.5) is 10.1 Å². The van der Waals surface area contributed by atoms with Gasteiger partial charge in [0, 0.05) is 15.8 Å². The molecule has 1 N–H and O–H groups in total. The Kier molecular flexibility index (Phi) is 5.17. The number of carbonyl (C=O) groups is 2. The number of Topliss-reactive ketones (excluding diaryl/α,β-unsaturated/α-hetero) is 1. The number of hydrogen-bond donors (Lipinski definition) is 1. The lowest BCUT2D eigenvalue weighted by Gasteiger charge is -2.08. The van der Waals surface area contributed by atoms with Gasteiger partial charge in [0.2, 0.25) is 11.7 Å². The maximum atomic E-state index is 13.4. The summed E-state index contributed by atoms with van der Waals surface area (Å²) in [4.78, 5) is 26.1. The number of thiophene rings is 1. The molecule has 0 saturated heterocycles. The second-order valence-corrected chi connectivity index (χ2v) is 8.35. The molecule has 0 bridgehead atoms. The van der Waals surface area contributed by atoms with Gasteiger partial charge in [0.1, 0.15) is 11.5 Å². The van der Waals surface area contributed by atoms with Crippen molar-refractivity contribution in [2.24, 2.45) is 5.92 Å². The number of fused-ring (bicyclic) bond motifs is 3. The molecule has 5 aromatic rings. The predicted molar refractivity (Wildman–Crippen MR) is 125 cm³/mol. The average Bonchev–Trinajstić information content (AvgIpc) is 3.39. The molecular weight excluding hydrogens is 439 g/mol. The monoisotopic (exact) mass is 454 g/mol. The van der Waals surface area contributed by atoms with Crippen LogP contribution in [0, 0.1) is 23.1 Å². The average molecular weight is 454 g/mol. The number of halogens is 1. The number of carbonyl (C=O) groups excluding carboxylic acids is 2. The van der Waals surface area contributed by atoms with Crippen LogP contribution in [0.1, 0.15) is 10.5 Å². The Bertz CT molecular complexity index is 1550. The van der Waals surface area contributed by atoms with Crippen LogP contribution < -0.4 is 5.32 Å². The number of ketones is 1. The van der Waals surface area contributed by atoms with Gasteiger partial charge in [-0.15, -0.1) is 11.3 Å². The van der Waals surface area contributed by atoms with Crippen molar-refractivity contribution in [3.05, 3.63) is 90.4 Å². The number of nitrogens with one attached hydrogen (secondary N) is 1. The second kappa shape index (κ2) is 8.30. The zero-order valence-corrected chi connectivity index (χ0v) is 17.8. The molecule has 1 unspecified atom stereocenters. The van der Waals surface area contributed by atoms with Crippen LogP contribution >= 0.6 is 11.3 Å². The molecular formula is C25H15FN4O2S. The maximum Gasteiger partial charge on any atom is 0.249 e. The number of benzene rings is 3. The summed E-state index contributed by atoms with van der Waals surface area (Å²) >= 11 is 1.39. The van der Waals surface area contributed by atoms with E-state index in [4.69, 9.17) is 0 Å². The van der Waals surface area contributed by atoms with E-state index >= 15 is 0 Å². The summed E-state index contributed by atoms with van der Waals surface area (Å²) in [5, 5.41) is 17.6. The summed E-state index contributed by atoms with van der Waals surface area (Å²) in [6.07, 6.45) is 0. The topological polar surface area (TPSA) is 87.8 Å². The number of rotatable bonds is 5. The second-order valence-electron chi connectivity index (χ2n) is 7.29. The molecule has 0 radical (unpaired) electrons. The summed E-state index contributed by atoms with van der Waals surface area (Å²) in [5.74, 6) is -3.55. The van der Waals surface area contributed by atoms with E-state index in [-0.39, 0.29) is 11.4 Å². The Morgan fingerprint density at radius 3 is 2.42 bits per heavy atom. The highest BCUT2D eigenvalue weighted by molar-refractivity contribution is 7.26. The minimum atomic E-state index is -1.61. The highest BCUT2D eigenvalue weighted by Crippen LogP contribution is 2.38. The number of amides is 1. The SMILES string of the molecule is N#CC(C(=O)Nc1ccc(F)cc1)C(=O)c1nn(-c2ccccc2)c2c1sc1ccccc12. The standard InChI is InChI=1S/C25H15FN4O2S/c26-15-10-12-16(13-11-15)28-25(32)19(14-27)23(31)21-24-22(18-8-4-5-9-20(18)33-24)30(29-21)17-6-2-1-3-7-17/h1-13,19H,(H,28,32).